The van der Waals surface area contributed by atoms with Crippen LogP contribution in [-0.4, -0.2) is 38.8 Å². The Balaban J connectivity index is 1.99. The van der Waals surface area contributed by atoms with Crippen LogP contribution in [0.5, 0.6) is 0 Å². The molecule has 1 aromatic carbocycles. The van der Waals surface area contributed by atoms with Crippen LogP contribution in [0.3, 0.4) is 0 Å². The lowest BCUT2D eigenvalue weighted by Crippen LogP contribution is -2.43. The third kappa shape index (κ3) is 4.29. The standard InChI is InChI=1S/C16H20N2O2/c1-2-20-16(19)8-4-6-14-5-3-7-15(13-14)18-11-9-17-10-12-18/h3,5,7,13,17H,2,8-12H2,1H3. The number of nitrogens with zero attached hydrogens (tertiary/aromatic N) is 1. The minimum absolute atomic E-state index is 0.145. The van der Waals surface area contributed by atoms with Gasteiger partial charge in [0.1, 0.15) is 6.42 Å². The van der Waals surface area contributed by atoms with Crippen molar-refractivity contribution in [1.29, 1.82) is 0 Å². The maximum absolute atomic E-state index is 11.2. The van der Waals surface area contributed by atoms with Gasteiger partial charge in [-0.05, 0) is 25.1 Å². The minimum Gasteiger partial charge on any atom is -0.465 e. The van der Waals surface area contributed by atoms with Crippen molar-refractivity contribution in [2.24, 2.45) is 0 Å². The van der Waals surface area contributed by atoms with Gasteiger partial charge in [0.25, 0.3) is 0 Å². The summed E-state index contributed by atoms with van der Waals surface area (Å²) in [6.45, 7) is 6.25. The first kappa shape index (κ1) is 14.4. The highest BCUT2D eigenvalue weighted by molar-refractivity contribution is 5.72. The molecule has 4 heteroatoms. The number of rotatable bonds is 3. The second kappa shape index (κ2) is 7.56. The highest BCUT2D eigenvalue weighted by Crippen LogP contribution is 2.16. The van der Waals surface area contributed by atoms with Crippen LogP contribution in [0.25, 0.3) is 0 Å². The van der Waals surface area contributed by atoms with Crippen molar-refractivity contribution in [3.63, 3.8) is 0 Å². The Morgan fingerprint density at radius 3 is 2.95 bits per heavy atom. The van der Waals surface area contributed by atoms with Crippen LogP contribution in [0.4, 0.5) is 5.69 Å². The second-order valence-corrected chi connectivity index (χ2v) is 4.57. The van der Waals surface area contributed by atoms with Crippen molar-refractivity contribution in [1.82, 2.24) is 5.32 Å². The van der Waals surface area contributed by atoms with Crippen LogP contribution >= 0.6 is 0 Å². The number of nitrogens with one attached hydrogen (secondary N) is 1. The van der Waals surface area contributed by atoms with Gasteiger partial charge in [-0.25, -0.2) is 0 Å². The largest absolute Gasteiger partial charge is 0.465 e. The maximum Gasteiger partial charge on any atom is 0.317 e. The summed E-state index contributed by atoms with van der Waals surface area (Å²) in [6.07, 6.45) is 0.145. The summed E-state index contributed by atoms with van der Waals surface area (Å²) in [7, 11) is 0. The molecule has 106 valence electrons. The van der Waals surface area contributed by atoms with Crippen molar-refractivity contribution >= 4 is 11.7 Å². The lowest BCUT2D eigenvalue weighted by Gasteiger charge is -2.29. The van der Waals surface area contributed by atoms with E-state index in [1.807, 2.05) is 12.1 Å². The molecule has 4 nitrogen and oxygen atoms in total. The molecule has 0 radical (unpaired) electrons. The van der Waals surface area contributed by atoms with Gasteiger partial charge in [-0.3, -0.25) is 4.79 Å². The molecule has 2 rings (SSSR count). The average molecular weight is 272 g/mol. The summed E-state index contributed by atoms with van der Waals surface area (Å²) >= 11 is 0. The number of ether oxygens (including phenoxy) is 1. The molecular formula is C16H20N2O2. The normalized spacial score (nSPS) is 14.3. The topological polar surface area (TPSA) is 41.6 Å². The number of carbonyl (C=O) groups excluding carboxylic acids is 1. The van der Waals surface area contributed by atoms with Gasteiger partial charge in [0, 0.05) is 37.4 Å². The quantitative estimate of drug-likeness (QED) is 0.667. The van der Waals surface area contributed by atoms with Gasteiger partial charge in [-0.2, -0.15) is 0 Å². The molecule has 0 amide bonds. The van der Waals surface area contributed by atoms with E-state index in [4.69, 9.17) is 4.74 Å². The number of benzene rings is 1. The molecule has 0 bridgehead atoms. The van der Waals surface area contributed by atoms with Crippen LogP contribution < -0.4 is 10.2 Å². The first-order valence-corrected chi connectivity index (χ1v) is 7.00. The van der Waals surface area contributed by atoms with Crippen molar-refractivity contribution < 1.29 is 9.53 Å². The van der Waals surface area contributed by atoms with Crippen molar-refractivity contribution in [3.8, 4) is 11.8 Å². The third-order valence-corrected chi connectivity index (χ3v) is 3.10. The zero-order chi connectivity index (χ0) is 14.2. The fraction of sp³-hybridized carbons (Fsp3) is 0.438. The molecule has 1 fully saturated rings. The number of esters is 1. The van der Waals surface area contributed by atoms with E-state index in [1.165, 1.54) is 5.69 Å². The van der Waals surface area contributed by atoms with Gasteiger partial charge >= 0.3 is 5.97 Å². The van der Waals surface area contributed by atoms with Crippen LogP contribution in [0.15, 0.2) is 24.3 Å². The Kier molecular flexibility index (Phi) is 5.45. The van der Waals surface area contributed by atoms with Gasteiger partial charge in [-0.15, -0.1) is 0 Å². The number of carbonyl (C=O) groups is 1. The first-order chi connectivity index (χ1) is 9.79. The van der Waals surface area contributed by atoms with E-state index < -0.39 is 0 Å². The number of anilines is 1. The highest BCUT2D eigenvalue weighted by atomic mass is 16.5. The second-order valence-electron chi connectivity index (χ2n) is 4.57. The Morgan fingerprint density at radius 1 is 1.40 bits per heavy atom. The highest BCUT2D eigenvalue weighted by Gasteiger charge is 2.09. The van der Waals surface area contributed by atoms with Crippen LogP contribution in [0, 0.1) is 11.8 Å². The summed E-state index contributed by atoms with van der Waals surface area (Å²) in [5, 5.41) is 3.34. The van der Waals surface area contributed by atoms with Gasteiger partial charge in [0.2, 0.25) is 0 Å². The molecule has 1 heterocycles. The number of hydrogen-bond acceptors (Lipinski definition) is 4. The SMILES string of the molecule is CCOC(=O)CC#Cc1cccc(N2CCNCC2)c1. The van der Waals surface area contributed by atoms with E-state index in [0.29, 0.717) is 6.61 Å². The van der Waals surface area contributed by atoms with E-state index >= 15 is 0 Å². The van der Waals surface area contributed by atoms with Crippen LogP contribution in [0.1, 0.15) is 18.9 Å². The number of hydrogen-bond donors (Lipinski definition) is 1. The molecule has 1 N–H and O–H groups in total. The van der Waals surface area contributed by atoms with Gasteiger partial charge in [0.05, 0.1) is 6.61 Å². The predicted octanol–water partition coefficient (Wildman–Crippen LogP) is 1.40. The molecule has 1 aliphatic heterocycles. The van der Waals surface area contributed by atoms with Gasteiger partial charge < -0.3 is 15.0 Å². The molecule has 1 aliphatic rings. The molecule has 1 aromatic rings. The van der Waals surface area contributed by atoms with E-state index in [-0.39, 0.29) is 12.4 Å². The first-order valence-electron chi connectivity index (χ1n) is 7.00. The Morgan fingerprint density at radius 2 is 2.20 bits per heavy atom. The zero-order valence-corrected chi connectivity index (χ0v) is 11.8. The van der Waals surface area contributed by atoms with E-state index in [0.717, 1.165) is 31.7 Å². The molecule has 20 heavy (non-hydrogen) atoms. The average Bonchev–Trinajstić information content (AvgIpc) is 2.49. The van der Waals surface area contributed by atoms with Gasteiger partial charge in [-0.1, -0.05) is 17.9 Å². The maximum atomic E-state index is 11.2. The van der Waals surface area contributed by atoms with E-state index in [2.05, 4.69) is 34.2 Å². The Hall–Kier alpha value is -1.99. The lowest BCUT2D eigenvalue weighted by molar-refractivity contribution is -0.141. The van der Waals surface area contributed by atoms with Crippen molar-refractivity contribution in [2.75, 3.05) is 37.7 Å². The fourth-order valence-electron chi connectivity index (χ4n) is 2.13. The predicted molar refractivity (Wildman–Crippen MR) is 79.7 cm³/mol. The van der Waals surface area contributed by atoms with Crippen molar-refractivity contribution in [3.05, 3.63) is 29.8 Å². The smallest absolute Gasteiger partial charge is 0.317 e. The molecule has 0 spiro atoms. The summed E-state index contributed by atoms with van der Waals surface area (Å²) in [5.74, 6) is 5.62. The van der Waals surface area contributed by atoms with E-state index in [1.54, 1.807) is 6.92 Å². The third-order valence-electron chi connectivity index (χ3n) is 3.10. The summed E-state index contributed by atoms with van der Waals surface area (Å²) < 4.78 is 4.84. The van der Waals surface area contributed by atoms with E-state index in [9.17, 15) is 4.79 Å². The number of piperazine rings is 1. The zero-order valence-electron chi connectivity index (χ0n) is 11.8. The minimum atomic E-state index is -0.266. The van der Waals surface area contributed by atoms with Crippen molar-refractivity contribution in [2.45, 2.75) is 13.3 Å². The Labute approximate surface area is 120 Å². The lowest BCUT2D eigenvalue weighted by atomic mass is 10.1. The summed E-state index contributed by atoms with van der Waals surface area (Å²) in [4.78, 5) is 13.5. The summed E-state index contributed by atoms with van der Waals surface area (Å²) in [6, 6.07) is 8.14. The molecular weight excluding hydrogens is 252 g/mol. The fourth-order valence-corrected chi connectivity index (χ4v) is 2.13. The monoisotopic (exact) mass is 272 g/mol. The molecule has 0 saturated carbocycles. The molecule has 1 saturated heterocycles. The Bertz CT molecular complexity index is 511. The van der Waals surface area contributed by atoms with Gasteiger partial charge in [0.15, 0.2) is 0 Å². The van der Waals surface area contributed by atoms with Crippen LogP contribution in [0.2, 0.25) is 0 Å². The molecule has 0 atom stereocenters. The molecule has 0 aromatic heterocycles. The summed E-state index contributed by atoms with van der Waals surface area (Å²) in [5.41, 5.74) is 2.12. The van der Waals surface area contributed by atoms with Crippen LogP contribution in [-0.2, 0) is 9.53 Å². The molecule has 0 aliphatic carbocycles. The molecule has 0 unspecified atom stereocenters.